The number of benzene rings is 2. The second-order valence-electron chi connectivity index (χ2n) is 5.50. The SMILES string of the molecule is Cc1ccc2cccc(NC(=O)C=Cc3ccc([N+](=O)[O-])cc3)c2n1. The Morgan fingerprint density at radius 2 is 1.88 bits per heavy atom. The molecule has 1 heterocycles. The van der Waals surface area contributed by atoms with Crippen LogP contribution in [-0.2, 0) is 4.79 Å². The van der Waals surface area contributed by atoms with Gasteiger partial charge in [-0.25, -0.2) is 0 Å². The van der Waals surface area contributed by atoms with Crippen molar-refractivity contribution in [3.05, 3.63) is 82.0 Å². The number of amides is 1. The van der Waals surface area contributed by atoms with Crippen LogP contribution in [0.4, 0.5) is 11.4 Å². The maximum absolute atomic E-state index is 12.2. The Bertz CT molecular complexity index is 979. The van der Waals surface area contributed by atoms with Gasteiger partial charge in [-0.05, 0) is 42.8 Å². The molecule has 0 unspecified atom stereocenters. The number of hydrogen-bond acceptors (Lipinski definition) is 4. The van der Waals surface area contributed by atoms with E-state index >= 15 is 0 Å². The topological polar surface area (TPSA) is 85.1 Å². The van der Waals surface area contributed by atoms with E-state index in [1.807, 2.05) is 31.2 Å². The van der Waals surface area contributed by atoms with Crippen LogP contribution in [0.3, 0.4) is 0 Å². The lowest BCUT2D eigenvalue weighted by Crippen LogP contribution is -2.08. The monoisotopic (exact) mass is 333 g/mol. The van der Waals surface area contributed by atoms with Crippen molar-refractivity contribution in [3.63, 3.8) is 0 Å². The van der Waals surface area contributed by atoms with Crippen molar-refractivity contribution < 1.29 is 9.72 Å². The van der Waals surface area contributed by atoms with E-state index in [1.54, 1.807) is 24.3 Å². The maximum Gasteiger partial charge on any atom is 0.269 e. The molecular weight excluding hydrogens is 318 g/mol. The predicted molar refractivity (Wildman–Crippen MR) is 97.2 cm³/mol. The van der Waals surface area contributed by atoms with Gasteiger partial charge in [-0.3, -0.25) is 19.9 Å². The number of aromatic nitrogens is 1. The zero-order chi connectivity index (χ0) is 17.8. The van der Waals surface area contributed by atoms with Crippen molar-refractivity contribution in [2.45, 2.75) is 6.92 Å². The number of para-hydroxylation sites is 1. The van der Waals surface area contributed by atoms with Gasteiger partial charge in [0.2, 0.25) is 5.91 Å². The van der Waals surface area contributed by atoms with Gasteiger partial charge in [0.15, 0.2) is 0 Å². The summed E-state index contributed by atoms with van der Waals surface area (Å²) < 4.78 is 0. The highest BCUT2D eigenvalue weighted by Gasteiger charge is 2.06. The molecule has 1 amide bonds. The summed E-state index contributed by atoms with van der Waals surface area (Å²) in [7, 11) is 0. The molecule has 0 bridgehead atoms. The first-order chi connectivity index (χ1) is 12.0. The van der Waals surface area contributed by atoms with Crippen molar-refractivity contribution >= 4 is 34.3 Å². The molecule has 1 aromatic heterocycles. The number of fused-ring (bicyclic) bond motifs is 1. The van der Waals surface area contributed by atoms with Crippen LogP contribution in [0.25, 0.3) is 17.0 Å². The quantitative estimate of drug-likeness (QED) is 0.442. The van der Waals surface area contributed by atoms with Gasteiger partial charge in [-0.1, -0.05) is 18.2 Å². The van der Waals surface area contributed by atoms with Crippen LogP contribution in [0.1, 0.15) is 11.3 Å². The Hall–Kier alpha value is -3.54. The lowest BCUT2D eigenvalue weighted by Gasteiger charge is -2.07. The first-order valence-corrected chi connectivity index (χ1v) is 7.63. The number of nitro groups is 1. The number of carbonyl (C=O) groups excluding carboxylic acids is 1. The molecule has 25 heavy (non-hydrogen) atoms. The molecular formula is C19H15N3O3. The molecule has 0 atom stereocenters. The largest absolute Gasteiger partial charge is 0.321 e. The standard InChI is InChI=1S/C19H15N3O3/c1-13-5-9-15-3-2-4-17(19(15)20-13)21-18(23)12-8-14-6-10-16(11-7-14)22(24)25/h2-12H,1H3,(H,21,23). The minimum absolute atomic E-state index is 0.0128. The number of hydrogen-bond donors (Lipinski definition) is 1. The molecule has 0 fully saturated rings. The van der Waals surface area contributed by atoms with Crippen molar-refractivity contribution in [2.24, 2.45) is 0 Å². The van der Waals surface area contributed by atoms with Crippen molar-refractivity contribution in [3.8, 4) is 0 Å². The number of nitro benzene ring substituents is 1. The Morgan fingerprint density at radius 3 is 2.60 bits per heavy atom. The molecule has 0 spiro atoms. The Kier molecular flexibility index (Phi) is 4.52. The van der Waals surface area contributed by atoms with E-state index < -0.39 is 4.92 Å². The molecule has 0 saturated heterocycles. The number of carbonyl (C=O) groups is 1. The first-order valence-electron chi connectivity index (χ1n) is 7.63. The Balaban J connectivity index is 1.76. The van der Waals surface area contributed by atoms with Crippen LogP contribution >= 0.6 is 0 Å². The summed E-state index contributed by atoms with van der Waals surface area (Å²) in [6.45, 7) is 1.90. The normalized spacial score (nSPS) is 10.9. The highest BCUT2D eigenvalue weighted by Crippen LogP contribution is 2.21. The van der Waals surface area contributed by atoms with Crippen LogP contribution in [0.5, 0.6) is 0 Å². The number of nitrogens with one attached hydrogen (secondary N) is 1. The fraction of sp³-hybridized carbons (Fsp3) is 0.0526. The molecule has 0 aliphatic heterocycles. The number of aryl methyl sites for hydroxylation is 1. The number of nitrogens with zero attached hydrogens (tertiary/aromatic N) is 2. The van der Waals surface area contributed by atoms with Gasteiger partial charge in [-0.2, -0.15) is 0 Å². The second kappa shape index (κ2) is 6.92. The van der Waals surface area contributed by atoms with Crippen molar-refractivity contribution in [1.82, 2.24) is 4.98 Å². The molecule has 6 heteroatoms. The van der Waals surface area contributed by atoms with Gasteiger partial charge < -0.3 is 5.32 Å². The maximum atomic E-state index is 12.2. The summed E-state index contributed by atoms with van der Waals surface area (Å²) in [5.74, 6) is -0.297. The number of anilines is 1. The molecule has 1 N–H and O–H groups in total. The minimum atomic E-state index is -0.463. The van der Waals surface area contributed by atoms with Crippen molar-refractivity contribution in [2.75, 3.05) is 5.32 Å². The van der Waals surface area contributed by atoms with Crippen LogP contribution < -0.4 is 5.32 Å². The van der Waals surface area contributed by atoms with Crippen LogP contribution in [0.2, 0.25) is 0 Å². The second-order valence-corrected chi connectivity index (χ2v) is 5.50. The van der Waals surface area contributed by atoms with Gasteiger partial charge in [0.1, 0.15) is 0 Å². The van der Waals surface area contributed by atoms with E-state index in [9.17, 15) is 14.9 Å². The highest BCUT2D eigenvalue weighted by atomic mass is 16.6. The van der Waals surface area contributed by atoms with E-state index in [2.05, 4.69) is 10.3 Å². The molecule has 0 aliphatic carbocycles. The summed E-state index contributed by atoms with van der Waals surface area (Å²) in [5.41, 5.74) is 2.96. The fourth-order valence-corrected chi connectivity index (χ4v) is 2.40. The average molecular weight is 333 g/mol. The number of pyridine rings is 1. The van der Waals surface area contributed by atoms with Gasteiger partial charge in [0.25, 0.3) is 5.69 Å². The molecule has 2 aromatic carbocycles. The molecule has 0 radical (unpaired) electrons. The van der Waals surface area contributed by atoms with E-state index in [4.69, 9.17) is 0 Å². The van der Waals surface area contributed by atoms with Gasteiger partial charge >= 0.3 is 0 Å². The minimum Gasteiger partial charge on any atom is -0.321 e. The van der Waals surface area contributed by atoms with Crippen LogP contribution in [0.15, 0.2) is 60.7 Å². The zero-order valence-corrected chi connectivity index (χ0v) is 13.5. The van der Waals surface area contributed by atoms with E-state index in [0.29, 0.717) is 11.3 Å². The third-order valence-electron chi connectivity index (χ3n) is 3.65. The van der Waals surface area contributed by atoms with E-state index in [1.165, 1.54) is 18.2 Å². The predicted octanol–water partition coefficient (Wildman–Crippen LogP) is 4.10. The molecule has 0 saturated carbocycles. The smallest absolute Gasteiger partial charge is 0.269 e. The van der Waals surface area contributed by atoms with Crippen molar-refractivity contribution in [1.29, 1.82) is 0 Å². The van der Waals surface area contributed by atoms with E-state index in [-0.39, 0.29) is 11.6 Å². The summed E-state index contributed by atoms with van der Waals surface area (Å²) in [6.07, 6.45) is 2.98. The summed E-state index contributed by atoms with van der Waals surface area (Å²) >= 11 is 0. The average Bonchev–Trinajstić information content (AvgIpc) is 2.61. The summed E-state index contributed by atoms with van der Waals surface area (Å²) in [4.78, 5) is 26.8. The van der Waals surface area contributed by atoms with Gasteiger partial charge in [-0.15, -0.1) is 0 Å². The first kappa shape index (κ1) is 16.3. The van der Waals surface area contributed by atoms with Gasteiger partial charge in [0.05, 0.1) is 16.1 Å². The summed E-state index contributed by atoms with van der Waals surface area (Å²) in [5, 5.41) is 14.4. The van der Waals surface area contributed by atoms with Gasteiger partial charge in [0, 0.05) is 29.3 Å². The lowest BCUT2D eigenvalue weighted by molar-refractivity contribution is -0.384. The highest BCUT2D eigenvalue weighted by molar-refractivity contribution is 6.06. The number of rotatable bonds is 4. The lowest BCUT2D eigenvalue weighted by atomic mass is 10.1. The molecule has 0 aliphatic rings. The third kappa shape index (κ3) is 3.87. The molecule has 6 nitrogen and oxygen atoms in total. The molecule has 3 rings (SSSR count). The van der Waals surface area contributed by atoms with E-state index in [0.717, 1.165) is 16.6 Å². The fourth-order valence-electron chi connectivity index (χ4n) is 2.40. The molecule has 3 aromatic rings. The molecule has 124 valence electrons. The Labute approximate surface area is 144 Å². The number of non-ortho nitro benzene ring substituents is 1. The zero-order valence-electron chi connectivity index (χ0n) is 13.5. The van der Waals surface area contributed by atoms with Crippen LogP contribution in [0, 0.1) is 17.0 Å². The van der Waals surface area contributed by atoms with Crippen LogP contribution in [-0.4, -0.2) is 15.8 Å². The third-order valence-corrected chi connectivity index (χ3v) is 3.65. The Morgan fingerprint density at radius 1 is 1.12 bits per heavy atom. The summed E-state index contributed by atoms with van der Waals surface area (Å²) in [6, 6.07) is 15.4.